The lowest BCUT2D eigenvalue weighted by Crippen LogP contribution is -2.27. The van der Waals surface area contributed by atoms with E-state index in [1.807, 2.05) is 39.0 Å². The third-order valence-corrected chi connectivity index (χ3v) is 5.21. The number of anilines is 1. The number of rotatable bonds is 5. The predicted molar refractivity (Wildman–Crippen MR) is 127 cm³/mol. The van der Waals surface area contributed by atoms with Crippen LogP contribution in [0.2, 0.25) is 0 Å². The van der Waals surface area contributed by atoms with E-state index in [4.69, 9.17) is 9.90 Å². The molecule has 3 aromatic heterocycles. The van der Waals surface area contributed by atoms with Crippen LogP contribution in [0.25, 0.3) is 5.52 Å². The fraction of sp³-hybridized carbons (Fsp3) is 0.208. The number of aromatic amines is 1. The van der Waals surface area contributed by atoms with Crippen LogP contribution in [0.3, 0.4) is 0 Å². The minimum absolute atomic E-state index is 0.156. The van der Waals surface area contributed by atoms with Gasteiger partial charge in [0.15, 0.2) is 0 Å². The van der Waals surface area contributed by atoms with E-state index < -0.39 is 0 Å². The van der Waals surface area contributed by atoms with Gasteiger partial charge in [-0.05, 0) is 50.1 Å². The number of nitrogens with one attached hydrogen (secondary N) is 2. The Kier molecular flexibility index (Phi) is 7.42. The summed E-state index contributed by atoms with van der Waals surface area (Å²) in [4.78, 5) is 43.2. The Balaban J connectivity index is 0.00000103. The number of H-pyrrole nitrogens is 1. The molecule has 0 fully saturated rings. The maximum Gasteiger partial charge on any atom is 0.290 e. The molecule has 4 aromatic rings. The van der Waals surface area contributed by atoms with Crippen LogP contribution >= 0.6 is 0 Å². The molecule has 34 heavy (non-hydrogen) atoms. The molecule has 0 spiro atoms. The molecule has 4 rings (SSSR count). The molecule has 0 aliphatic carbocycles. The Bertz CT molecular complexity index is 1340. The molecule has 0 radical (unpaired) electrons. The van der Waals surface area contributed by atoms with Gasteiger partial charge in [0.05, 0.1) is 23.8 Å². The van der Waals surface area contributed by atoms with Crippen molar-refractivity contribution >= 4 is 29.5 Å². The predicted octanol–water partition coefficient (Wildman–Crippen LogP) is 3.21. The maximum atomic E-state index is 13.0. The number of aromatic nitrogens is 4. The molecule has 0 bridgehead atoms. The summed E-state index contributed by atoms with van der Waals surface area (Å²) in [5.41, 5.74) is 5.09. The zero-order valence-corrected chi connectivity index (χ0v) is 19.4. The molecule has 0 unspecified atom stereocenters. The van der Waals surface area contributed by atoms with Crippen LogP contribution in [0.15, 0.2) is 48.9 Å². The van der Waals surface area contributed by atoms with Gasteiger partial charge in [-0.15, -0.1) is 0 Å². The fourth-order valence-electron chi connectivity index (χ4n) is 3.53. The van der Waals surface area contributed by atoms with Crippen LogP contribution < -0.4 is 5.32 Å². The SMILES string of the molecule is Cc1cnc(CN(C)C(=O)c2ccc(C)c(NC(=O)c3cnn4cccc(C)c34)c2)[nH]1.O=CO. The Morgan fingerprint density at radius 1 is 1.18 bits per heavy atom. The second kappa shape index (κ2) is 10.4. The molecule has 0 aliphatic heterocycles. The quantitative estimate of drug-likeness (QED) is 0.390. The van der Waals surface area contributed by atoms with E-state index in [-0.39, 0.29) is 18.3 Å². The van der Waals surface area contributed by atoms with Gasteiger partial charge in [0.25, 0.3) is 18.3 Å². The molecule has 2 amide bonds. The first-order valence-corrected chi connectivity index (χ1v) is 10.4. The second-order valence-corrected chi connectivity index (χ2v) is 7.81. The zero-order valence-electron chi connectivity index (χ0n) is 19.4. The molecule has 0 atom stereocenters. The summed E-state index contributed by atoms with van der Waals surface area (Å²) in [7, 11) is 1.72. The summed E-state index contributed by atoms with van der Waals surface area (Å²) in [6.07, 6.45) is 5.09. The molecule has 3 heterocycles. The molecule has 1 aromatic carbocycles. The highest BCUT2D eigenvalue weighted by atomic mass is 16.3. The van der Waals surface area contributed by atoms with E-state index >= 15 is 0 Å². The Morgan fingerprint density at radius 3 is 2.59 bits per heavy atom. The largest absolute Gasteiger partial charge is 0.483 e. The van der Waals surface area contributed by atoms with Crippen molar-refractivity contribution in [2.75, 3.05) is 12.4 Å². The zero-order chi connectivity index (χ0) is 24.8. The standard InChI is InChI=1S/C23H24N6O2.CH2O2/c1-14-7-8-17(23(31)28(4)13-20-24-11-16(3)26-20)10-19(14)27-22(30)18-12-25-29-9-5-6-15(2)21(18)29;2-1-3/h5-12H,13H2,1-4H3,(H,24,26)(H,27,30);1H,(H,2,3). The number of pyridine rings is 1. The smallest absolute Gasteiger partial charge is 0.290 e. The van der Waals surface area contributed by atoms with Crippen LogP contribution in [0.1, 0.15) is 43.4 Å². The average molecular weight is 463 g/mol. The van der Waals surface area contributed by atoms with E-state index in [9.17, 15) is 9.59 Å². The van der Waals surface area contributed by atoms with Gasteiger partial charge in [-0.1, -0.05) is 12.1 Å². The van der Waals surface area contributed by atoms with E-state index in [1.54, 1.807) is 47.2 Å². The van der Waals surface area contributed by atoms with E-state index in [0.717, 1.165) is 28.2 Å². The number of benzene rings is 1. The molecule has 176 valence electrons. The fourth-order valence-corrected chi connectivity index (χ4v) is 3.53. The number of hydrogen-bond donors (Lipinski definition) is 3. The summed E-state index contributed by atoms with van der Waals surface area (Å²) < 4.78 is 1.68. The van der Waals surface area contributed by atoms with Gasteiger partial charge >= 0.3 is 0 Å². The highest BCUT2D eigenvalue weighted by molar-refractivity contribution is 6.10. The van der Waals surface area contributed by atoms with E-state index in [1.165, 1.54) is 0 Å². The number of hydrogen-bond acceptors (Lipinski definition) is 5. The highest BCUT2D eigenvalue weighted by Gasteiger charge is 2.18. The van der Waals surface area contributed by atoms with Gasteiger partial charge in [0.1, 0.15) is 5.82 Å². The molecule has 10 nitrogen and oxygen atoms in total. The van der Waals surface area contributed by atoms with Crippen molar-refractivity contribution in [2.45, 2.75) is 27.3 Å². The number of carboxylic acid groups (broad SMARTS) is 1. The van der Waals surface area contributed by atoms with Crippen molar-refractivity contribution in [2.24, 2.45) is 0 Å². The van der Waals surface area contributed by atoms with Crippen molar-refractivity contribution in [1.29, 1.82) is 0 Å². The second-order valence-electron chi connectivity index (χ2n) is 7.81. The van der Waals surface area contributed by atoms with Crippen molar-refractivity contribution < 1.29 is 19.5 Å². The molecular formula is C24H26N6O4. The number of carbonyl (C=O) groups excluding carboxylic acids is 2. The van der Waals surface area contributed by atoms with Crippen molar-refractivity contribution in [3.8, 4) is 0 Å². The first-order chi connectivity index (χ1) is 16.2. The van der Waals surface area contributed by atoms with E-state index in [0.29, 0.717) is 23.4 Å². The average Bonchev–Trinajstić information content (AvgIpc) is 3.42. The van der Waals surface area contributed by atoms with Crippen molar-refractivity contribution in [1.82, 2.24) is 24.5 Å². The first kappa shape index (κ1) is 24.2. The summed E-state index contributed by atoms with van der Waals surface area (Å²) in [6.45, 7) is 5.86. The summed E-state index contributed by atoms with van der Waals surface area (Å²) in [5, 5.41) is 14.1. The Hall–Kier alpha value is -4.47. The first-order valence-electron chi connectivity index (χ1n) is 10.4. The van der Waals surface area contributed by atoms with Gasteiger partial charge in [-0.2, -0.15) is 5.10 Å². The minimum Gasteiger partial charge on any atom is -0.483 e. The Morgan fingerprint density at radius 2 is 1.91 bits per heavy atom. The summed E-state index contributed by atoms with van der Waals surface area (Å²) in [5.74, 6) is 0.297. The third-order valence-electron chi connectivity index (χ3n) is 5.21. The summed E-state index contributed by atoms with van der Waals surface area (Å²) >= 11 is 0. The van der Waals surface area contributed by atoms with Crippen LogP contribution in [-0.2, 0) is 11.3 Å². The topological polar surface area (TPSA) is 133 Å². The molecule has 0 aliphatic rings. The molecule has 3 N–H and O–H groups in total. The lowest BCUT2D eigenvalue weighted by Gasteiger charge is -2.17. The molecule has 0 saturated heterocycles. The lowest BCUT2D eigenvalue weighted by atomic mass is 10.1. The van der Waals surface area contributed by atoms with Gasteiger partial charge in [-0.3, -0.25) is 14.4 Å². The lowest BCUT2D eigenvalue weighted by molar-refractivity contribution is -0.122. The van der Waals surface area contributed by atoms with Crippen molar-refractivity contribution in [3.05, 3.63) is 82.7 Å². The Labute approximate surface area is 196 Å². The monoisotopic (exact) mass is 462 g/mol. The van der Waals surface area contributed by atoms with Gasteiger partial charge in [0.2, 0.25) is 0 Å². The van der Waals surface area contributed by atoms with Gasteiger partial charge in [-0.25, -0.2) is 9.50 Å². The van der Waals surface area contributed by atoms with Crippen LogP contribution in [0.5, 0.6) is 0 Å². The molecular weight excluding hydrogens is 436 g/mol. The third kappa shape index (κ3) is 5.29. The number of aryl methyl sites for hydroxylation is 3. The molecule has 0 saturated carbocycles. The van der Waals surface area contributed by atoms with Gasteiger partial charge < -0.3 is 20.3 Å². The van der Waals surface area contributed by atoms with Crippen LogP contribution in [0.4, 0.5) is 5.69 Å². The minimum atomic E-state index is -0.267. The normalized spacial score (nSPS) is 10.4. The number of carbonyl (C=O) groups is 3. The van der Waals surface area contributed by atoms with Crippen molar-refractivity contribution in [3.63, 3.8) is 0 Å². The molecule has 10 heteroatoms. The number of nitrogens with zero attached hydrogens (tertiary/aromatic N) is 4. The van der Waals surface area contributed by atoms with E-state index in [2.05, 4.69) is 20.4 Å². The number of amides is 2. The highest BCUT2D eigenvalue weighted by Crippen LogP contribution is 2.21. The summed E-state index contributed by atoms with van der Waals surface area (Å²) in [6, 6.07) is 9.12. The van der Waals surface area contributed by atoms with Crippen LogP contribution in [0, 0.1) is 20.8 Å². The number of fused-ring (bicyclic) bond motifs is 1. The van der Waals surface area contributed by atoms with Gasteiger partial charge in [0, 0.05) is 36.4 Å². The van der Waals surface area contributed by atoms with Crippen LogP contribution in [-0.4, -0.2) is 54.9 Å². The number of imidazole rings is 1. The maximum absolute atomic E-state index is 13.0.